The molecule has 0 aliphatic rings. The van der Waals surface area contributed by atoms with Crippen LogP contribution in [0.2, 0.25) is 0 Å². The van der Waals surface area contributed by atoms with Crippen LogP contribution in [-0.2, 0) is 0 Å². The molecule has 0 fully saturated rings. The van der Waals surface area contributed by atoms with E-state index in [1.807, 2.05) is 12.2 Å². The average Bonchev–Trinajstić information content (AvgIpc) is 2.14. The van der Waals surface area contributed by atoms with Gasteiger partial charge in [-0.3, -0.25) is 0 Å². The molecule has 0 heterocycles. The number of rotatable bonds is 7. The van der Waals surface area contributed by atoms with E-state index in [1.54, 1.807) is 0 Å². The first kappa shape index (κ1) is 12.2. The summed E-state index contributed by atoms with van der Waals surface area (Å²) in [6, 6.07) is 0. The van der Waals surface area contributed by atoms with Crippen LogP contribution in [0, 0.1) is 12.3 Å². The molecule has 0 nitrogen and oxygen atoms in total. The number of hydrogen-bond acceptors (Lipinski definition) is 0. The Bertz CT molecular complexity index is 174. The summed E-state index contributed by atoms with van der Waals surface area (Å²) in [6.07, 6.45) is 11.6. The van der Waals surface area contributed by atoms with E-state index in [1.165, 1.54) is 12.0 Å². The van der Waals surface area contributed by atoms with Gasteiger partial charge >= 0.3 is 0 Å². The fourth-order valence-electron chi connectivity index (χ4n) is 1.06. The highest BCUT2D eigenvalue weighted by Gasteiger charge is 1.94. The third kappa shape index (κ3) is 7.58. The zero-order valence-electron chi connectivity index (χ0n) is 8.92. The molecule has 0 aromatic heterocycles. The quantitative estimate of drug-likeness (QED) is 0.508. The van der Waals surface area contributed by atoms with Crippen LogP contribution in [0.25, 0.3) is 0 Å². The molecular weight excluding hydrogens is 156 g/mol. The van der Waals surface area contributed by atoms with Crippen molar-refractivity contribution < 1.29 is 0 Å². The molecule has 1 radical (unpaired) electrons. The highest BCUT2D eigenvalue weighted by Crippen LogP contribution is 2.10. The molecule has 0 aromatic rings. The van der Waals surface area contributed by atoms with Crippen molar-refractivity contribution in [2.24, 2.45) is 5.92 Å². The molecule has 0 aliphatic carbocycles. The summed E-state index contributed by atoms with van der Waals surface area (Å²) < 4.78 is 0. The SMILES string of the molecule is C=C[CH]C/C(C)=C/CCC(C)C=C. The molecule has 0 heteroatoms. The molecule has 0 amide bonds. The van der Waals surface area contributed by atoms with Crippen molar-refractivity contribution in [2.45, 2.75) is 33.1 Å². The van der Waals surface area contributed by atoms with Crippen molar-refractivity contribution >= 4 is 0 Å². The van der Waals surface area contributed by atoms with Crippen LogP contribution in [0.3, 0.4) is 0 Å². The first-order valence-corrected chi connectivity index (χ1v) is 4.93. The van der Waals surface area contributed by atoms with Gasteiger partial charge in [-0.2, -0.15) is 0 Å². The molecule has 13 heavy (non-hydrogen) atoms. The zero-order chi connectivity index (χ0) is 10.1. The Balaban J connectivity index is 3.57. The van der Waals surface area contributed by atoms with Gasteiger partial charge in [0, 0.05) is 0 Å². The monoisotopic (exact) mass is 177 g/mol. The predicted octanol–water partition coefficient (Wildman–Crippen LogP) is 4.32. The first-order valence-electron chi connectivity index (χ1n) is 4.93. The van der Waals surface area contributed by atoms with Gasteiger partial charge in [0.1, 0.15) is 0 Å². The highest BCUT2D eigenvalue weighted by molar-refractivity contribution is 5.05. The molecule has 1 unspecified atom stereocenters. The van der Waals surface area contributed by atoms with Gasteiger partial charge < -0.3 is 0 Å². The van der Waals surface area contributed by atoms with Crippen LogP contribution in [0.4, 0.5) is 0 Å². The molecule has 0 aliphatic heterocycles. The lowest BCUT2D eigenvalue weighted by Gasteiger charge is -2.02. The van der Waals surface area contributed by atoms with Crippen LogP contribution in [0.1, 0.15) is 33.1 Å². The fourth-order valence-corrected chi connectivity index (χ4v) is 1.06. The van der Waals surface area contributed by atoms with Gasteiger partial charge in [-0.1, -0.05) is 30.7 Å². The van der Waals surface area contributed by atoms with E-state index < -0.39 is 0 Å². The van der Waals surface area contributed by atoms with E-state index in [4.69, 9.17) is 0 Å². The molecular formula is C13H21. The van der Waals surface area contributed by atoms with Gasteiger partial charge in [-0.25, -0.2) is 0 Å². The zero-order valence-corrected chi connectivity index (χ0v) is 8.92. The van der Waals surface area contributed by atoms with E-state index in [-0.39, 0.29) is 0 Å². The van der Waals surface area contributed by atoms with Gasteiger partial charge in [0.05, 0.1) is 0 Å². The fraction of sp³-hybridized carbons (Fsp3) is 0.462. The summed E-state index contributed by atoms with van der Waals surface area (Å²) in [5, 5.41) is 0. The summed E-state index contributed by atoms with van der Waals surface area (Å²) in [7, 11) is 0. The molecule has 0 N–H and O–H groups in total. The normalized spacial score (nSPS) is 13.8. The maximum atomic E-state index is 3.77. The van der Waals surface area contributed by atoms with Crippen molar-refractivity contribution in [2.75, 3.05) is 0 Å². The minimum absolute atomic E-state index is 0.632. The Morgan fingerprint density at radius 1 is 1.38 bits per heavy atom. The summed E-state index contributed by atoms with van der Waals surface area (Å²) in [4.78, 5) is 0. The average molecular weight is 177 g/mol. The van der Waals surface area contributed by atoms with Crippen LogP contribution >= 0.6 is 0 Å². The summed E-state index contributed by atoms with van der Waals surface area (Å²) in [5.74, 6) is 0.632. The van der Waals surface area contributed by atoms with Crippen molar-refractivity contribution in [3.63, 3.8) is 0 Å². The van der Waals surface area contributed by atoms with E-state index >= 15 is 0 Å². The molecule has 0 saturated carbocycles. The van der Waals surface area contributed by atoms with Gasteiger partial charge in [0.25, 0.3) is 0 Å². The van der Waals surface area contributed by atoms with Crippen LogP contribution in [0.15, 0.2) is 37.0 Å². The van der Waals surface area contributed by atoms with E-state index in [9.17, 15) is 0 Å². The lowest BCUT2D eigenvalue weighted by molar-refractivity contribution is 0.657. The molecule has 0 rings (SSSR count). The maximum Gasteiger partial charge on any atom is -0.0133 e. The summed E-state index contributed by atoms with van der Waals surface area (Å²) >= 11 is 0. The number of hydrogen-bond donors (Lipinski definition) is 0. The maximum absolute atomic E-state index is 3.77. The Morgan fingerprint density at radius 3 is 2.62 bits per heavy atom. The van der Waals surface area contributed by atoms with Crippen molar-refractivity contribution in [1.29, 1.82) is 0 Å². The molecule has 0 bridgehead atoms. The Labute approximate surface area is 83.0 Å². The standard InChI is InChI=1S/C13H21/c1-5-7-9-13(4)11-8-10-12(3)6-2/h5-7,11-12H,1-2,8-10H2,3-4H3/b13-11+. The van der Waals surface area contributed by atoms with Gasteiger partial charge in [0.15, 0.2) is 0 Å². The Hall–Kier alpha value is -0.780. The van der Waals surface area contributed by atoms with Gasteiger partial charge in [-0.15, -0.1) is 13.2 Å². The topological polar surface area (TPSA) is 0 Å². The van der Waals surface area contributed by atoms with Crippen molar-refractivity contribution in [1.82, 2.24) is 0 Å². The lowest BCUT2D eigenvalue weighted by Crippen LogP contribution is -1.87. The van der Waals surface area contributed by atoms with Gasteiger partial charge in [0.2, 0.25) is 0 Å². The third-order valence-electron chi connectivity index (χ3n) is 2.12. The first-order chi connectivity index (χ1) is 6.20. The Kier molecular flexibility index (Phi) is 7.38. The highest BCUT2D eigenvalue weighted by atomic mass is 14.0. The molecule has 0 aromatic carbocycles. The largest absolute Gasteiger partial charge is 0.103 e. The molecule has 0 saturated heterocycles. The smallest absolute Gasteiger partial charge is 0.0133 e. The molecule has 73 valence electrons. The van der Waals surface area contributed by atoms with E-state index in [0.717, 1.165) is 12.8 Å². The second-order valence-electron chi connectivity index (χ2n) is 3.52. The summed E-state index contributed by atoms with van der Waals surface area (Å²) in [5.41, 5.74) is 1.43. The Morgan fingerprint density at radius 2 is 2.08 bits per heavy atom. The lowest BCUT2D eigenvalue weighted by atomic mass is 10.0. The van der Waals surface area contributed by atoms with Crippen molar-refractivity contribution in [3.05, 3.63) is 43.4 Å². The third-order valence-corrected chi connectivity index (χ3v) is 2.12. The van der Waals surface area contributed by atoms with Crippen LogP contribution in [-0.4, -0.2) is 0 Å². The van der Waals surface area contributed by atoms with E-state index in [0.29, 0.717) is 5.92 Å². The van der Waals surface area contributed by atoms with Crippen LogP contribution in [0.5, 0.6) is 0 Å². The summed E-state index contributed by atoms with van der Waals surface area (Å²) in [6.45, 7) is 11.8. The predicted molar refractivity (Wildman–Crippen MR) is 61.5 cm³/mol. The second kappa shape index (κ2) is 7.85. The molecule has 0 spiro atoms. The minimum Gasteiger partial charge on any atom is -0.103 e. The second-order valence-corrected chi connectivity index (χ2v) is 3.52. The number of allylic oxidation sites excluding steroid dienone is 4. The minimum atomic E-state index is 0.632. The van der Waals surface area contributed by atoms with Gasteiger partial charge in [-0.05, 0) is 38.5 Å². The van der Waals surface area contributed by atoms with Crippen LogP contribution < -0.4 is 0 Å². The molecule has 1 atom stereocenters. The van der Waals surface area contributed by atoms with Crippen molar-refractivity contribution in [3.8, 4) is 0 Å². The van der Waals surface area contributed by atoms with E-state index in [2.05, 4.69) is 39.5 Å².